The number of morpholine rings is 1. The highest BCUT2D eigenvalue weighted by Gasteiger charge is 2.35. The summed E-state index contributed by atoms with van der Waals surface area (Å²) in [5.74, 6) is 0.399. The minimum atomic E-state index is -0.330. The molecule has 8 heteroatoms. The number of nitrogens with one attached hydrogen (secondary N) is 1. The topological polar surface area (TPSA) is 88.2 Å². The Balaban J connectivity index is 1.51. The van der Waals surface area contributed by atoms with Gasteiger partial charge in [-0.1, -0.05) is 13.8 Å². The minimum absolute atomic E-state index is 0.0277. The molecule has 2 fully saturated rings. The van der Waals surface area contributed by atoms with Crippen molar-refractivity contribution in [2.45, 2.75) is 20.3 Å². The van der Waals surface area contributed by atoms with Gasteiger partial charge in [0, 0.05) is 38.3 Å². The highest BCUT2D eigenvalue weighted by atomic mass is 16.5. The van der Waals surface area contributed by atoms with Gasteiger partial charge in [-0.25, -0.2) is 0 Å². The van der Waals surface area contributed by atoms with E-state index < -0.39 is 0 Å². The van der Waals surface area contributed by atoms with Crippen molar-refractivity contribution in [2.75, 3.05) is 50.9 Å². The van der Waals surface area contributed by atoms with Gasteiger partial charge in [-0.05, 0) is 30.2 Å². The van der Waals surface area contributed by atoms with Crippen molar-refractivity contribution in [3.05, 3.63) is 24.3 Å². The van der Waals surface area contributed by atoms with Crippen LogP contribution in [-0.4, -0.2) is 68.6 Å². The Morgan fingerprint density at radius 3 is 2.55 bits per heavy atom. The number of rotatable bonds is 7. The highest BCUT2D eigenvalue weighted by molar-refractivity contribution is 6.00. The number of benzene rings is 1. The van der Waals surface area contributed by atoms with Crippen molar-refractivity contribution in [3.63, 3.8) is 0 Å². The zero-order chi connectivity index (χ0) is 20.8. The van der Waals surface area contributed by atoms with Gasteiger partial charge in [-0.3, -0.25) is 14.4 Å². The maximum Gasteiger partial charge on any atom is 0.260 e. The molecule has 2 saturated heterocycles. The maximum atomic E-state index is 12.4. The number of ether oxygens (including phenoxy) is 2. The van der Waals surface area contributed by atoms with E-state index >= 15 is 0 Å². The van der Waals surface area contributed by atoms with E-state index in [1.54, 1.807) is 34.1 Å². The molecule has 0 radical (unpaired) electrons. The number of hydrogen-bond donors (Lipinski definition) is 1. The summed E-state index contributed by atoms with van der Waals surface area (Å²) in [6.07, 6.45) is 0.218. The Hall–Kier alpha value is -2.61. The Labute approximate surface area is 171 Å². The maximum absolute atomic E-state index is 12.4. The van der Waals surface area contributed by atoms with Crippen LogP contribution in [0.5, 0.6) is 5.75 Å². The molecule has 2 heterocycles. The summed E-state index contributed by atoms with van der Waals surface area (Å²) in [7, 11) is 0. The Bertz CT molecular complexity index is 728. The molecular weight excluding hydrogens is 374 g/mol. The van der Waals surface area contributed by atoms with Crippen LogP contribution in [0.1, 0.15) is 20.3 Å². The number of carbonyl (C=O) groups excluding carboxylic acids is 3. The molecule has 1 aromatic rings. The van der Waals surface area contributed by atoms with E-state index in [9.17, 15) is 14.4 Å². The number of hydrogen-bond acceptors (Lipinski definition) is 5. The van der Waals surface area contributed by atoms with E-state index in [2.05, 4.69) is 5.32 Å². The van der Waals surface area contributed by atoms with Crippen LogP contribution in [0.4, 0.5) is 5.69 Å². The Morgan fingerprint density at radius 2 is 1.90 bits per heavy atom. The second kappa shape index (κ2) is 9.73. The molecule has 1 aromatic carbocycles. The molecule has 2 aliphatic rings. The average molecular weight is 403 g/mol. The summed E-state index contributed by atoms with van der Waals surface area (Å²) in [4.78, 5) is 40.1. The number of amides is 3. The standard InChI is InChI=1S/C21H29N3O5/c1-15(2)12-22-21(27)16-11-19(25)24(13-16)17-3-5-18(6-4-17)29-14-20(26)23-7-9-28-10-8-23/h3-6,15-16H,7-14H2,1-2H3,(H,22,27)/t16-/m0/s1. The van der Waals surface area contributed by atoms with Gasteiger partial charge in [0.2, 0.25) is 11.8 Å². The van der Waals surface area contributed by atoms with Gasteiger partial charge in [0.25, 0.3) is 5.91 Å². The van der Waals surface area contributed by atoms with Crippen molar-refractivity contribution < 1.29 is 23.9 Å². The van der Waals surface area contributed by atoms with E-state index in [0.717, 1.165) is 5.69 Å². The quantitative estimate of drug-likeness (QED) is 0.735. The van der Waals surface area contributed by atoms with Gasteiger partial charge >= 0.3 is 0 Å². The highest BCUT2D eigenvalue weighted by Crippen LogP contribution is 2.27. The molecule has 0 unspecified atom stereocenters. The zero-order valence-corrected chi connectivity index (χ0v) is 17.1. The van der Waals surface area contributed by atoms with E-state index in [1.807, 2.05) is 13.8 Å². The van der Waals surface area contributed by atoms with Crippen LogP contribution in [0.25, 0.3) is 0 Å². The molecule has 3 rings (SSSR count). The third-order valence-electron chi connectivity index (χ3n) is 5.05. The zero-order valence-electron chi connectivity index (χ0n) is 17.1. The molecule has 158 valence electrons. The molecule has 3 amide bonds. The van der Waals surface area contributed by atoms with E-state index in [-0.39, 0.29) is 36.7 Å². The molecular formula is C21H29N3O5. The molecule has 0 saturated carbocycles. The van der Waals surface area contributed by atoms with Gasteiger partial charge < -0.3 is 24.6 Å². The van der Waals surface area contributed by atoms with Crippen molar-refractivity contribution in [1.82, 2.24) is 10.2 Å². The monoisotopic (exact) mass is 403 g/mol. The molecule has 8 nitrogen and oxygen atoms in total. The number of anilines is 1. The average Bonchev–Trinajstić information content (AvgIpc) is 3.13. The van der Waals surface area contributed by atoms with Gasteiger partial charge in [0.1, 0.15) is 5.75 Å². The summed E-state index contributed by atoms with van der Waals surface area (Å²) < 4.78 is 10.8. The lowest BCUT2D eigenvalue weighted by Crippen LogP contribution is -2.42. The lowest BCUT2D eigenvalue weighted by molar-refractivity contribution is -0.137. The van der Waals surface area contributed by atoms with Crippen LogP contribution in [0.15, 0.2) is 24.3 Å². The Morgan fingerprint density at radius 1 is 1.21 bits per heavy atom. The van der Waals surface area contributed by atoms with E-state index in [0.29, 0.717) is 51.1 Å². The first-order valence-corrected chi connectivity index (χ1v) is 10.1. The van der Waals surface area contributed by atoms with Gasteiger partial charge in [0.15, 0.2) is 6.61 Å². The van der Waals surface area contributed by atoms with Crippen LogP contribution in [0.2, 0.25) is 0 Å². The molecule has 0 aromatic heterocycles. The lowest BCUT2D eigenvalue weighted by atomic mass is 10.1. The first-order valence-electron chi connectivity index (χ1n) is 10.1. The second-order valence-corrected chi connectivity index (χ2v) is 7.82. The predicted molar refractivity (Wildman–Crippen MR) is 108 cm³/mol. The fourth-order valence-corrected chi connectivity index (χ4v) is 3.35. The molecule has 29 heavy (non-hydrogen) atoms. The van der Waals surface area contributed by atoms with Gasteiger partial charge in [-0.15, -0.1) is 0 Å². The van der Waals surface area contributed by atoms with Gasteiger partial charge in [0.05, 0.1) is 19.1 Å². The minimum Gasteiger partial charge on any atom is -0.484 e. The first-order chi connectivity index (χ1) is 13.9. The molecule has 2 aliphatic heterocycles. The molecule has 1 atom stereocenters. The summed E-state index contributed by atoms with van der Waals surface area (Å²) in [5, 5.41) is 2.90. The van der Waals surface area contributed by atoms with E-state index in [4.69, 9.17) is 9.47 Å². The van der Waals surface area contributed by atoms with Crippen LogP contribution in [0.3, 0.4) is 0 Å². The van der Waals surface area contributed by atoms with Crippen LogP contribution < -0.4 is 15.0 Å². The summed E-state index contributed by atoms with van der Waals surface area (Å²) in [6, 6.07) is 7.03. The fraction of sp³-hybridized carbons (Fsp3) is 0.571. The third-order valence-corrected chi connectivity index (χ3v) is 5.05. The fourth-order valence-electron chi connectivity index (χ4n) is 3.35. The van der Waals surface area contributed by atoms with Crippen LogP contribution in [0, 0.1) is 11.8 Å². The van der Waals surface area contributed by atoms with Gasteiger partial charge in [-0.2, -0.15) is 0 Å². The smallest absolute Gasteiger partial charge is 0.260 e. The molecule has 1 N–H and O–H groups in total. The number of carbonyl (C=O) groups is 3. The normalized spacial score (nSPS) is 19.6. The first kappa shape index (κ1) is 21.1. The van der Waals surface area contributed by atoms with Crippen molar-refractivity contribution in [2.24, 2.45) is 11.8 Å². The molecule has 0 aliphatic carbocycles. The van der Waals surface area contributed by atoms with Crippen LogP contribution in [-0.2, 0) is 19.1 Å². The summed E-state index contributed by atoms with van der Waals surface area (Å²) >= 11 is 0. The van der Waals surface area contributed by atoms with E-state index in [1.165, 1.54) is 0 Å². The second-order valence-electron chi connectivity index (χ2n) is 7.82. The Kier molecular flexibility index (Phi) is 7.09. The SMILES string of the molecule is CC(C)CNC(=O)[C@H]1CC(=O)N(c2ccc(OCC(=O)N3CCOCC3)cc2)C1. The third kappa shape index (κ3) is 5.69. The van der Waals surface area contributed by atoms with Crippen molar-refractivity contribution in [1.29, 1.82) is 0 Å². The lowest BCUT2D eigenvalue weighted by Gasteiger charge is -2.26. The number of nitrogens with zero attached hydrogens (tertiary/aromatic N) is 2. The van der Waals surface area contributed by atoms with Crippen molar-refractivity contribution >= 4 is 23.4 Å². The molecule has 0 spiro atoms. The van der Waals surface area contributed by atoms with Crippen molar-refractivity contribution in [3.8, 4) is 5.75 Å². The largest absolute Gasteiger partial charge is 0.484 e. The summed E-state index contributed by atoms with van der Waals surface area (Å²) in [5.41, 5.74) is 0.723. The summed E-state index contributed by atoms with van der Waals surface area (Å²) in [6.45, 7) is 7.31. The predicted octanol–water partition coefficient (Wildman–Crippen LogP) is 1.05. The molecule has 0 bridgehead atoms. The van der Waals surface area contributed by atoms with Crippen LogP contribution >= 0.6 is 0 Å².